The third-order valence-electron chi connectivity index (χ3n) is 2.19. The Morgan fingerprint density at radius 1 is 1.28 bits per heavy atom. The maximum absolute atomic E-state index is 12.1. The van der Waals surface area contributed by atoms with E-state index in [0.29, 0.717) is 9.99 Å². The maximum atomic E-state index is 12.1. The van der Waals surface area contributed by atoms with Gasteiger partial charge in [0.05, 0.1) is 0 Å². The quantitative estimate of drug-likeness (QED) is 0.818. The summed E-state index contributed by atoms with van der Waals surface area (Å²) in [5.41, 5.74) is 0. The number of carbonyl (C=O) groups excluding carboxylic acids is 1. The molecule has 1 aromatic carbocycles. The maximum Gasteiger partial charge on any atom is 0.471 e. The highest BCUT2D eigenvalue weighted by Crippen LogP contribution is 2.25. The van der Waals surface area contributed by atoms with Gasteiger partial charge in [-0.15, -0.1) is 0 Å². The van der Waals surface area contributed by atoms with E-state index in [1.807, 2.05) is 0 Å². The van der Waals surface area contributed by atoms with Crippen molar-refractivity contribution in [3.8, 4) is 0 Å². The van der Waals surface area contributed by atoms with E-state index >= 15 is 0 Å². The average molecular weight is 319 g/mol. The molecule has 94 valence electrons. The molecule has 0 unspecified atom stereocenters. The van der Waals surface area contributed by atoms with Gasteiger partial charge in [0.1, 0.15) is 10.4 Å². The van der Waals surface area contributed by atoms with Gasteiger partial charge in [0, 0.05) is 5.39 Å². The van der Waals surface area contributed by atoms with E-state index in [1.165, 1.54) is 6.07 Å². The highest BCUT2D eigenvalue weighted by molar-refractivity contribution is 9.10. The lowest BCUT2D eigenvalue weighted by Crippen LogP contribution is -2.30. The first kappa shape index (κ1) is 12.8. The van der Waals surface area contributed by atoms with Crippen LogP contribution in [0.1, 0.15) is 0 Å². The van der Waals surface area contributed by atoms with Crippen molar-refractivity contribution in [1.29, 1.82) is 0 Å². The molecule has 0 atom stereocenters. The molecule has 1 N–H and O–H groups in total. The number of pyridine rings is 1. The Morgan fingerprint density at radius 3 is 2.61 bits per heavy atom. The van der Waals surface area contributed by atoms with E-state index in [-0.39, 0.29) is 5.82 Å². The van der Waals surface area contributed by atoms with Gasteiger partial charge in [-0.05, 0) is 27.4 Å². The van der Waals surface area contributed by atoms with Gasteiger partial charge in [0.2, 0.25) is 0 Å². The van der Waals surface area contributed by atoms with Crippen LogP contribution < -0.4 is 5.32 Å². The molecule has 7 heteroatoms. The molecule has 0 spiro atoms. The van der Waals surface area contributed by atoms with E-state index in [4.69, 9.17) is 0 Å². The van der Waals surface area contributed by atoms with Gasteiger partial charge in [-0.1, -0.05) is 24.3 Å². The lowest BCUT2D eigenvalue weighted by atomic mass is 10.2. The SMILES string of the molecule is O=C(Nc1cc2ccccc2c(Br)n1)C(F)(F)F. The highest BCUT2D eigenvalue weighted by Gasteiger charge is 2.38. The zero-order chi connectivity index (χ0) is 13.3. The van der Waals surface area contributed by atoms with Crippen LogP contribution in [-0.4, -0.2) is 17.1 Å². The molecule has 1 aromatic heterocycles. The molecule has 2 rings (SSSR count). The Hall–Kier alpha value is -1.63. The van der Waals surface area contributed by atoms with Gasteiger partial charge in [-0.25, -0.2) is 4.98 Å². The van der Waals surface area contributed by atoms with Crippen LogP contribution >= 0.6 is 15.9 Å². The largest absolute Gasteiger partial charge is 0.471 e. The van der Waals surface area contributed by atoms with Gasteiger partial charge in [-0.3, -0.25) is 4.79 Å². The molecule has 2 aromatic rings. The Labute approximate surface area is 108 Å². The molecule has 0 aliphatic heterocycles. The summed E-state index contributed by atoms with van der Waals surface area (Å²) in [6.07, 6.45) is -4.93. The molecular weight excluding hydrogens is 313 g/mol. The summed E-state index contributed by atoms with van der Waals surface area (Å²) >= 11 is 3.14. The van der Waals surface area contributed by atoms with E-state index in [1.54, 1.807) is 29.6 Å². The van der Waals surface area contributed by atoms with Crippen molar-refractivity contribution < 1.29 is 18.0 Å². The Morgan fingerprint density at radius 2 is 1.94 bits per heavy atom. The topological polar surface area (TPSA) is 42.0 Å². The fraction of sp³-hybridized carbons (Fsp3) is 0.0909. The number of hydrogen-bond acceptors (Lipinski definition) is 2. The minimum atomic E-state index is -4.93. The van der Waals surface area contributed by atoms with Crippen molar-refractivity contribution in [2.24, 2.45) is 0 Å². The van der Waals surface area contributed by atoms with Gasteiger partial charge in [0.15, 0.2) is 0 Å². The number of nitrogens with zero attached hydrogens (tertiary/aromatic N) is 1. The van der Waals surface area contributed by atoms with Crippen LogP contribution in [0.15, 0.2) is 34.9 Å². The Bertz CT molecular complexity index is 613. The van der Waals surface area contributed by atoms with Crippen LogP contribution in [0.25, 0.3) is 10.8 Å². The summed E-state index contributed by atoms with van der Waals surface area (Å²) in [4.78, 5) is 14.6. The smallest absolute Gasteiger partial charge is 0.303 e. The number of rotatable bonds is 1. The van der Waals surface area contributed by atoms with Crippen molar-refractivity contribution in [2.45, 2.75) is 6.18 Å². The van der Waals surface area contributed by atoms with Crippen LogP contribution in [0.2, 0.25) is 0 Å². The minimum Gasteiger partial charge on any atom is -0.303 e. The summed E-state index contributed by atoms with van der Waals surface area (Å²) in [7, 11) is 0. The minimum absolute atomic E-state index is 0.150. The van der Waals surface area contributed by atoms with E-state index in [0.717, 1.165) is 5.39 Å². The second kappa shape index (κ2) is 4.56. The Balaban J connectivity index is 2.39. The Kier molecular flexibility index (Phi) is 3.25. The molecule has 0 saturated carbocycles. The molecule has 3 nitrogen and oxygen atoms in total. The van der Waals surface area contributed by atoms with Crippen molar-refractivity contribution in [2.75, 3.05) is 5.32 Å². The number of benzene rings is 1. The first-order chi connectivity index (χ1) is 8.38. The molecule has 1 heterocycles. The summed E-state index contributed by atoms with van der Waals surface area (Å²) in [6, 6.07) is 8.38. The first-order valence-corrected chi connectivity index (χ1v) is 5.60. The molecule has 0 bridgehead atoms. The van der Waals surface area contributed by atoms with E-state index < -0.39 is 12.1 Å². The third-order valence-corrected chi connectivity index (χ3v) is 2.80. The van der Waals surface area contributed by atoms with Crippen molar-refractivity contribution >= 4 is 38.4 Å². The van der Waals surface area contributed by atoms with Crippen LogP contribution in [0, 0.1) is 0 Å². The van der Waals surface area contributed by atoms with E-state index in [9.17, 15) is 18.0 Å². The van der Waals surface area contributed by atoms with Gasteiger partial charge in [0.25, 0.3) is 0 Å². The molecule has 0 saturated heterocycles. The zero-order valence-electron chi connectivity index (χ0n) is 8.75. The molecule has 0 aliphatic rings. The number of aromatic nitrogens is 1. The fourth-order valence-electron chi connectivity index (χ4n) is 1.41. The number of nitrogens with one attached hydrogen (secondary N) is 1. The summed E-state index contributed by atoms with van der Waals surface area (Å²) in [5.74, 6) is -2.19. The van der Waals surface area contributed by atoms with E-state index in [2.05, 4.69) is 20.9 Å². The van der Waals surface area contributed by atoms with Crippen LogP contribution in [-0.2, 0) is 4.79 Å². The van der Waals surface area contributed by atoms with Crippen LogP contribution in [0.5, 0.6) is 0 Å². The summed E-state index contributed by atoms with van der Waals surface area (Å²) < 4.78 is 36.7. The second-order valence-electron chi connectivity index (χ2n) is 3.47. The number of alkyl halides is 3. The molecule has 0 aliphatic carbocycles. The standard InChI is InChI=1S/C11H6BrF3N2O/c12-9-7-4-2-1-3-6(7)5-8(16-9)17-10(18)11(13,14)15/h1-5H,(H,16,17,18). The zero-order valence-corrected chi connectivity index (χ0v) is 10.3. The summed E-state index contributed by atoms with van der Waals surface area (Å²) in [6.45, 7) is 0. The number of amides is 1. The van der Waals surface area contributed by atoms with Gasteiger partial charge in [-0.2, -0.15) is 13.2 Å². The number of hydrogen-bond donors (Lipinski definition) is 1. The first-order valence-electron chi connectivity index (χ1n) is 4.81. The monoisotopic (exact) mass is 318 g/mol. The normalized spacial score (nSPS) is 11.6. The molecular formula is C11H6BrF3N2O. The fourth-order valence-corrected chi connectivity index (χ4v) is 1.96. The van der Waals surface area contributed by atoms with Gasteiger partial charge < -0.3 is 5.32 Å². The van der Waals surface area contributed by atoms with Crippen molar-refractivity contribution in [1.82, 2.24) is 4.98 Å². The number of fused-ring (bicyclic) bond motifs is 1. The number of carbonyl (C=O) groups is 1. The number of anilines is 1. The summed E-state index contributed by atoms with van der Waals surface area (Å²) in [5, 5.41) is 3.14. The van der Waals surface area contributed by atoms with Gasteiger partial charge >= 0.3 is 12.1 Å². The van der Waals surface area contributed by atoms with Crippen LogP contribution in [0.3, 0.4) is 0 Å². The molecule has 0 radical (unpaired) electrons. The molecule has 1 amide bonds. The molecule has 18 heavy (non-hydrogen) atoms. The molecule has 0 fully saturated rings. The lowest BCUT2D eigenvalue weighted by Gasteiger charge is -2.09. The lowest BCUT2D eigenvalue weighted by molar-refractivity contribution is -0.167. The predicted molar refractivity (Wildman–Crippen MR) is 64.1 cm³/mol. The average Bonchev–Trinajstić information content (AvgIpc) is 2.27. The third kappa shape index (κ3) is 2.61. The number of halogens is 4. The van der Waals surface area contributed by atoms with Crippen LogP contribution in [0.4, 0.5) is 19.0 Å². The predicted octanol–water partition coefficient (Wildman–Crippen LogP) is 3.50. The van der Waals surface area contributed by atoms with Crippen molar-refractivity contribution in [3.63, 3.8) is 0 Å². The second-order valence-corrected chi connectivity index (χ2v) is 4.22. The highest BCUT2D eigenvalue weighted by atomic mass is 79.9. The van der Waals surface area contributed by atoms with Crippen molar-refractivity contribution in [3.05, 3.63) is 34.9 Å².